The van der Waals surface area contributed by atoms with Crippen LogP contribution in [0, 0.1) is 17.3 Å². The molecule has 0 spiro atoms. The van der Waals surface area contributed by atoms with Crippen LogP contribution in [0.5, 0.6) is 0 Å². The molecule has 2 rings (SSSR count). The van der Waals surface area contributed by atoms with Crippen LogP contribution >= 0.6 is 0 Å². The zero-order chi connectivity index (χ0) is 35.5. The fourth-order valence-electron chi connectivity index (χ4n) is 5.94. The number of hydrogen-bond acceptors (Lipinski definition) is 13. The molecule has 0 aromatic rings. The molecule has 13 nitrogen and oxygen atoms in total. The molecule has 13 heteroatoms. The number of ketones is 2. The molecular weight excluding hydrogens is 604 g/mol. The second-order valence-electron chi connectivity index (χ2n) is 12.6. The summed E-state index contributed by atoms with van der Waals surface area (Å²) in [6.07, 6.45) is -3.62. The number of carbonyl (C=O) groups excluding carboxylic acids is 7. The molecule has 2 aliphatic rings. The highest BCUT2D eigenvalue weighted by atomic mass is 16.6. The molecule has 0 amide bonds. The molecule has 254 valence electrons. The van der Waals surface area contributed by atoms with Crippen molar-refractivity contribution >= 4 is 41.4 Å². The van der Waals surface area contributed by atoms with Crippen LogP contribution in [0.1, 0.15) is 75.7 Å². The van der Waals surface area contributed by atoms with E-state index in [-0.39, 0.29) is 11.1 Å². The second-order valence-corrected chi connectivity index (χ2v) is 12.6. The van der Waals surface area contributed by atoms with Crippen molar-refractivity contribution in [3.8, 4) is 0 Å². The number of hydrogen-bond donors (Lipinski definition) is 1. The summed E-state index contributed by atoms with van der Waals surface area (Å²) in [7, 11) is 0. The smallest absolute Gasteiger partial charge is 0.334 e. The van der Waals surface area contributed by atoms with E-state index < -0.39 is 101 Å². The summed E-state index contributed by atoms with van der Waals surface area (Å²) >= 11 is 0. The fourth-order valence-corrected chi connectivity index (χ4v) is 5.94. The molecule has 1 saturated carbocycles. The van der Waals surface area contributed by atoms with Gasteiger partial charge < -0.3 is 28.8 Å². The molecule has 0 bridgehead atoms. The average molecular weight is 649 g/mol. The number of ether oxygens (including phenoxy) is 5. The van der Waals surface area contributed by atoms with Gasteiger partial charge in [-0.25, -0.2) is 4.79 Å². The van der Waals surface area contributed by atoms with Crippen LogP contribution in [0.15, 0.2) is 36.0 Å². The van der Waals surface area contributed by atoms with Gasteiger partial charge in [-0.3, -0.25) is 28.8 Å². The first-order valence-corrected chi connectivity index (χ1v) is 14.8. The molecular formula is C33H44O13. The topological polar surface area (TPSA) is 186 Å². The highest BCUT2D eigenvalue weighted by Gasteiger charge is 2.70. The van der Waals surface area contributed by atoms with Crippen molar-refractivity contribution in [3.63, 3.8) is 0 Å². The van der Waals surface area contributed by atoms with Crippen LogP contribution in [-0.2, 0) is 57.2 Å². The van der Waals surface area contributed by atoms with Gasteiger partial charge in [0.2, 0.25) is 6.10 Å². The maximum Gasteiger partial charge on any atom is 0.334 e. The van der Waals surface area contributed by atoms with E-state index in [0.717, 1.165) is 27.7 Å². The molecule has 0 aliphatic heterocycles. The molecule has 8 atom stereocenters. The Hall–Kier alpha value is -4.13. The molecule has 0 saturated heterocycles. The monoisotopic (exact) mass is 648 g/mol. The minimum atomic E-state index is -2.32. The Morgan fingerprint density at radius 3 is 1.83 bits per heavy atom. The zero-order valence-corrected chi connectivity index (χ0v) is 28.0. The third kappa shape index (κ3) is 7.98. The van der Waals surface area contributed by atoms with Crippen molar-refractivity contribution in [1.82, 2.24) is 0 Å². The quantitative estimate of drug-likeness (QED) is 0.192. The average Bonchev–Trinajstić information content (AvgIpc) is 3.14. The largest absolute Gasteiger partial charge is 0.459 e. The first-order chi connectivity index (χ1) is 21.0. The van der Waals surface area contributed by atoms with E-state index in [4.69, 9.17) is 23.7 Å². The van der Waals surface area contributed by atoms with Crippen LogP contribution in [0.4, 0.5) is 0 Å². The summed E-state index contributed by atoms with van der Waals surface area (Å²) in [5.74, 6) is -9.02. The van der Waals surface area contributed by atoms with Gasteiger partial charge in [-0.05, 0) is 34.6 Å². The predicted octanol–water partition coefficient (Wildman–Crippen LogP) is 2.66. The van der Waals surface area contributed by atoms with E-state index in [2.05, 4.69) is 6.58 Å². The van der Waals surface area contributed by atoms with Crippen LogP contribution in [0.3, 0.4) is 0 Å². The van der Waals surface area contributed by atoms with Gasteiger partial charge in [0.15, 0.2) is 23.3 Å². The second kappa shape index (κ2) is 14.1. The summed E-state index contributed by atoms with van der Waals surface area (Å²) in [6.45, 7) is 16.8. The molecule has 0 radical (unpaired) electrons. The van der Waals surface area contributed by atoms with Crippen molar-refractivity contribution in [3.05, 3.63) is 36.0 Å². The molecule has 46 heavy (non-hydrogen) atoms. The minimum absolute atomic E-state index is 0.117. The van der Waals surface area contributed by atoms with Gasteiger partial charge in [-0.15, -0.1) is 0 Å². The van der Waals surface area contributed by atoms with Crippen molar-refractivity contribution in [2.45, 2.75) is 111 Å². The molecule has 1 N–H and O–H groups in total. The van der Waals surface area contributed by atoms with E-state index in [1.807, 2.05) is 0 Å². The lowest BCUT2D eigenvalue weighted by Crippen LogP contribution is -2.58. The fraction of sp³-hybridized carbons (Fsp3) is 0.606. The Labute approximate surface area is 268 Å². The van der Waals surface area contributed by atoms with Gasteiger partial charge in [0.05, 0.1) is 5.92 Å². The Kier molecular flexibility index (Phi) is 11.7. The van der Waals surface area contributed by atoms with Crippen molar-refractivity contribution in [2.24, 2.45) is 17.3 Å². The third-order valence-corrected chi connectivity index (χ3v) is 8.15. The third-order valence-electron chi connectivity index (χ3n) is 8.15. The van der Waals surface area contributed by atoms with E-state index in [9.17, 15) is 38.7 Å². The summed E-state index contributed by atoms with van der Waals surface area (Å²) in [4.78, 5) is 91.9. The molecule has 2 aliphatic carbocycles. The standard InChI is InChI=1S/C33H44O13/c1-12-16(2)30(40)45-26-25(43-20(6)35)18(4)24(42-19(5)34)23-29(44-21(7)36)32(11,41)15-33(23,46-22(8)37)27(38)17(3)13-14-31(9,10)28(26)39/h12-14,17,23-26,29,41H,4,15H2,1-3,5-11H3. The number of allylic oxidation sites excluding steroid dienone is 3. The van der Waals surface area contributed by atoms with E-state index in [1.54, 1.807) is 6.92 Å². The van der Waals surface area contributed by atoms with Crippen LogP contribution in [-0.4, -0.2) is 82.1 Å². The van der Waals surface area contributed by atoms with Crippen molar-refractivity contribution in [2.75, 3.05) is 0 Å². The number of Topliss-reactive ketones (excluding diaryl/α,β-unsaturated/α-hetero) is 2. The molecule has 1 fully saturated rings. The SMILES string of the molecule is C=C1C(OC(C)=O)C(OC(=O)C(C)=CC)C(=O)C(C)(C)C=CC(C)C(=O)C2(OC(C)=O)CC(C)(O)C(OC(C)=O)C2C1OC(C)=O. The predicted molar refractivity (Wildman–Crippen MR) is 160 cm³/mol. The van der Waals surface area contributed by atoms with Crippen LogP contribution in [0.25, 0.3) is 0 Å². The first-order valence-electron chi connectivity index (χ1n) is 14.8. The Morgan fingerprint density at radius 1 is 0.826 bits per heavy atom. The molecule has 8 unspecified atom stereocenters. The number of carbonyl (C=O) groups is 7. The Bertz CT molecular complexity index is 1370. The van der Waals surface area contributed by atoms with E-state index in [0.29, 0.717) is 0 Å². The van der Waals surface area contributed by atoms with Gasteiger partial charge in [-0.2, -0.15) is 0 Å². The van der Waals surface area contributed by atoms with Crippen LogP contribution < -0.4 is 0 Å². The van der Waals surface area contributed by atoms with Gasteiger partial charge in [0.25, 0.3) is 0 Å². The number of rotatable bonds is 6. The zero-order valence-electron chi connectivity index (χ0n) is 28.0. The van der Waals surface area contributed by atoms with Gasteiger partial charge in [0.1, 0.15) is 17.8 Å². The van der Waals surface area contributed by atoms with Gasteiger partial charge >= 0.3 is 29.8 Å². The van der Waals surface area contributed by atoms with E-state index in [1.165, 1.54) is 52.8 Å². The van der Waals surface area contributed by atoms with Crippen molar-refractivity contribution < 1.29 is 62.4 Å². The highest BCUT2D eigenvalue weighted by molar-refractivity contribution is 5.97. The Balaban J connectivity index is 3.15. The molecule has 0 aromatic heterocycles. The lowest BCUT2D eigenvalue weighted by atomic mass is 9.72. The van der Waals surface area contributed by atoms with E-state index >= 15 is 0 Å². The van der Waals surface area contributed by atoms with Gasteiger partial charge in [-0.1, -0.05) is 31.7 Å². The summed E-state index contributed by atoms with van der Waals surface area (Å²) in [5.41, 5.74) is -6.11. The maximum atomic E-state index is 14.4. The Morgan fingerprint density at radius 2 is 1.35 bits per heavy atom. The number of esters is 5. The summed E-state index contributed by atoms with van der Waals surface area (Å²) < 4.78 is 28.2. The molecule has 0 heterocycles. The number of aliphatic hydroxyl groups is 1. The summed E-state index contributed by atoms with van der Waals surface area (Å²) in [6, 6.07) is 0. The lowest BCUT2D eigenvalue weighted by molar-refractivity contribution is -0.188. The molecule has 0 aromatic carbocycles. The number of fused-ring (bicyclic) bond motifs is 1. The highest BCUT2D eigenvalue weighted by Crippen LogP contribution is 2.52. The maximum absolute atomic E-state index is 14.4. The van der Waals surface area contributed by atoms with Crippen LogP contribution in [0.2, 0.25) is 0 Å². The van der Waals surface area contributed by atoms with Gasteiger partial charge in [0, 0.05) is 56.6 Å². The normalized spacial score (nSPS) is 33.1. The minimum Gasteiger partial charge on any atom is -0.459 e. The lowest BCUT2D eigenvalue weighted by Gasteiger charge is -2.42. The van der Waals surface area contributed by atoms with Crippen molar-refractivity contribution in [1.29, 1.82) is 0 Å². The first kappa shape index (κ1) is 38.1. The summed E-state index contributed by atoms with van der Waals surface area (Å²) in [5, 5.41) is 11.7.